The van der Waals surface area contributed by atoms with Crippen LogP contribution in [0.25, 0.3) is 0 Å². The van der Waals surface area contributed by atoms with Crippen molar-refractivity contribution in [3.05, 3.63) is 48.2 Å². The van der Waals surface area contributed by atoms with Crippen LogP contribution in [0.1, 0.15) is 5.56 Å². The average Bonchev–Trinajstić information content (AvgIpc) is 2.35. The summed E-state index contributed by atoms with van der Waals surface area (Å²) in [6.45, 7) is 0. The second-order valence-corrected chi connectivity index (χ2v) is 3.51. The molecular weight excluding hydrogens is 216 g/mol. The molecule has 2 aromatic rings. The topological polar surface area (TPSA) is 65.2 Å². The third-order valence-corrected chi connectivity index (χ3v) is 2.25. The Kier molecular flexibility index (Phi) is 3.35. The third-order valence-electron chi connectivity index (χ3n) is 2.25. The first-order valence-corrected chi connectivity index (χ1v) is 5.20. The van der Waals surface area contributed by atoms with E-state index in [-0.39, 0.29) is 0 Å². The molecule has 4 nitrogen and oxygen atoms in total. The molecular formula is C13H12N2O2. The number of hydrogen-bond donors (Lipinski definition) is 1. The number of benzene rings is 1. The van der Waals surface area contributed by atoms with Gasteiger partial charge in [0.05, 0.1) is 11.9 Å². The van der Waals surface area contributed by atoms with Gasteiger partial charge in [-0.05, 0) is 12.1 Å². The Morgan fingerprint density at radius 2 is 2.06 bits per heavy atom. The summed E-state index contributed by atoms with van der Waals surface area (Å²) in [5.41, 5.74) is 6.95. The van der Waals surface area contributed by atoms with E-state index in [1.165, 1.54) is 6.20 Å². The lowest BCUT2D eigenvalue weighted by molar-refractivity contribution is -0.107. The number of rotatable bonds is 4. The van der Waals surface area contributed by atoms with Gasteiger partial charge in [-0.25, -0.2) is 4.98 Å². The Bertz CT molecular complexity index is 509. The monoisotopic (exact) mass is 228 g/mol. The van der Waals surface area contributed by atoms with Crippen LogP contribution in [0.4, 0.5) is 5.69 Å². The zero-order valence-corrected chi connectivity index (χ0v) is 9.17. The van der Waals surface area contributed by atoms with Crippen molar-refractivity contribution in [1.82, 2.24) is 4.98 Å². The number of pyridine rings is 1. The summed E-state index contributed by atoms with van der Waals surface area (Å²) in [6, 6.07) is 10.8. The molecule has 2 rings (SSSR count). The number of aldehydes is 1. The molecule has 4 heteroatoms. The molecule has 0 saturated heterocycles. The van der Waals surface area contributed by atoms with E-state index in [1.54, 1.807) is 18.2 Å². The molecule has 1 aromatic carbocycles. The van der Waals surface area contributed by atoms with Crippen LogP contribution in [-0.4, -0.2) is 11.3 Å². The number of carbonyl (C=O) groups excluding carboxylic acids is 1. The quantitative estimate of drug-likeness (QED) is 0.815. The first-order valence-electron chi connectivity index (χ1n) is 5.20. The summed E-state index contributed by atoms with van der Waals surface area (Å²) in [6.07, 6.45) is 2.70. The van der Waals surface area contributed by atoms with Crippen molar-refractivity contribution in [2.45, 2.75) is 6.42 Å². The molecule has 0 aliphatic heterocycles. The molecule has 0 atom stereocenters. The highest BCUT2D eigenvalue weighted by molar-refractivity contribution is 5.57. The smallest absolute Gasteiger partial charge is 0.219 e. The summed E-state index contributed by atoms with van der Waals surface area (Å²) >= 11 is 0. The van der Waals surface area contributed by atoms with Crippen LogP contribution in [-0.2, 0) is 11.2 Å². The van der Waals surface area contributed by atoms with Gasteiger partial charge in [-0.1, -0.05) is 18.2 Å². The van der Waals surface area contributed by atoms with Crippen molar-refractivity contribution in [2.24, 2.45) is 0 Å². The van der Waals surface area contributed by atoms with Gasteiger partial charge in [-0.15, -0.1) is 0 Å². The molecule has 0 spiro atoms. The number of nitrogens with two attached hydrogens (primary N) is 1. The molecule has 0 fully saturated rings. The van der Waals surface area contributed by atoms with E-state index in [2.05, 4.69) is 4.98 Å². The number of para-hydroxylation sites is 1. The summed E-state index contributed by atoms with van der Waals surface area (Å²) < 4.78 is 5.59. The molecule has 17 heavy (non-hydrogen) atoms. The van der Waals surface area contributed by atoms with Crippen molar-refractivity contribution in [3.8, 4) is 11.6 Å². The third kappa shape index (κ3) is 2.81. The molecule has 0 saturated carbocycles. The SMILES string of the molecule is Nc1ccc(Oc2ccccc2CC=O)nc1. The molecule has 2 N–H and O–H groups in total. The molecule has 0 radical (unpaired) electrons. The van der Waals surface area contributed by atoms with Crippen molar-refractivity contribution in [1.29, 1.82) is 0 Å². The second kappa shape index (κ2) is 5.12. The number of carbonyl (C=O) groups is 1. The molecule has 0 amide bonds. The van der Waals surface area contributed by atoms with Crippen molar-refractivity contribution in [2.75, 3.05) is 5.73 Å². The minimum Gasteiger partial charge on any atom is -0.439 e. The van der Waals surface area contributed by atoms with E-state index in [0.717, 1.165) is 11.8 Å². The lowest BCUT2D eigenvalue weighted by Gasteiger charge is -2.08. The Balaban J connectivity index is 2.23. The van der Waals surface area contributed by atoms with E-state index < -0.39 is 0 Å². The summed E-state index contributed by atoms with van der Waals surface area (Å²) in [5, 5.41) is 0. The van der Waals surface area contributed by atoms with Gasteiger partial charge >= 0.3 is 0 Å². The molecule has 0 bridgehead atoms. The van der Waals surface area contributed by atoms with E-state index in [4.69, 9.17) is 10.5 Å². The van der Waals surface area contributed by atoms with Crippen LogP contribution in [0, 0.1) is 0 Å². The predicted molar refractivity (Wildman–Crippen MR) is 64.9 cm³/mol. The fraction of sp³-hybridized carbons (Fsp3) is 0.0769. The fourth-order valence-electron chi connectivity index (χ4n) is 1.43. The first kappa shape index (κ1) is 11.1. The van der Waals surface area contributed by atoms with Gasteiger partial charge in [-0.3, -0.25) is 0 Å². The lowest BCUT2D eigenvalue weighted by Crippen LogP contribution is -1.94. The van der Waals surface area contributed by atoms with Crippen molar-refractivity contribution < 1.29 is 9.53 Å². The van der Waals surface area contributed by atoms with Crippen LogP contribution in [0.2, 0.25) is 0 Å². The molecule has 86 valence electrons. The van der Waals surface area contributed by atoms with E-state index in [1.807, 2.05) is 18.2 Å². The summed E-state index contributed by atoms with van der Waals surface area (Å²) in [7, 11) is 0. The van der Waals surface area contributed by atoms with E-state index >= 15 is 0 Å². The van der Waals surface area contributed by atoms with Crippen LogP contribution < -0.4 is 10.5 Å². The van der Waals surface area contributed by atoms with Gasteiger partial charge in [-0.2, -0.15) is 0 Å². The first-order chi connectivity index (χ1) is 8.29. The Morgan fingerprint density at radius 1 is 1.24 bits per heavy atom. The normalized spacial score (nSPS) is 9.88. The minimum atomic E-state index is 0.325. The Hall–Kier alpha value is -2.36. The standard InChI is InChI=1S/C13H12N2O2/c14-11-5-6-13(15-9-11)17-12-4-2-1-3-10(12)7-8-16/h1-6,8-9H,7,14H2. The fourth-order valence-corrected chi connectivity index (χ4v) is 1.43. The van der Waals surface area contributed by atoms with Gasteiger partial charge in [0.25, 0.3) is 0 Å². The molecule has 1 aromatic heterocycles. The Morgan fingerprint density at radius 3 is 2.76 bits per heavy atom. The maximum atomic E-state index is 10.5. The molecule has 0 aliphatic carbocycles. The number of nitrogens with zero attached hydrogens (tertiary/aromatic N) is 1. The maximum Gasteiger partial charge on any atom is 0.219 e. The molecule has 0 aliphatic rings. The predicted octanol–water partition coefficient (Wildman–Crippen LogP) is 2.20. The van der Waals surface area contributed by atoms with Crippen molar-refractivity contribution in [3.63, 3.8) is 0 Å². The minimum absolute atomic E-state index is 0.325. The summed E-state index contributed by atoms with van der Waals surface area (Å²) in [5.74, 6) is 1.09. The largest absolute Gasteiger partial charge is 0.439 e. The zero-order chi connectivity index (χ0) is 12.1. The number of nitrogen functional groups attached to an aromatic ring is 1. The highest BCUT2D eigenvalue weighted by Gasteiger charge is 2.04. The van der Waals surface area contributed by atoms with Gasteiger partial charge in [0.1, 0.15) is 12.0 Å². The maximum absolute atomic E-state index is 10.5. The lowest BCUT2D eigenvalue weighted by atomic mass is 10.1. The highest BCUT2D eigenvalue weighted by atomic mass is 16.5. The van der Waals surface area contributed by atoms with Crippen LogP contribution in [0.3, 0.4) is 0 Å². The van der Waals surface area contributed by atoms with Crippen molar-refractivity contribution >= 4 is 12.0 Å². The number of anilines is 1. The van der Waals surface area contributed by atoms with E-state index in [9.17, 15) is 4.79 Å². The van der Waals surface area contributed by atoms with E-state index in [0.29, 0.717) is 23.7 Å². The Labute approximate surface area is 99.1 Å². The summed E-state index contributed by atoms with van der Waals surface area (Å²) in [4.78, 5) is 14.6. The van der Waals surface area contributed by atoms with Gasteiger partial charge in [0.15, 0.2) is 0 Å². The van der Waals surface area contributed by atoms with Gasteiger partial charge < -0.3 is 15.3 Å². The van der Waals surface area contributed by atoms with Gasteiger partial charge in [0.2, 0.25) is 5.88 Å². The second-order valence-electron chi connectivity index (χ2n) is 3.51. The molecule has 0 unspecified atom stereocenters. The van der Waals surface area contributed by atoms with Crippen LogP contribution in [0.5, 0.6) is 11.6 Å². The average molecular weight is 228 g/mol. The number of aromatic nitrogens is 1. The zero-order valence-electron chi connectivity index (χ0n) is 9.17. The van der Waals surface area contributed by atoms with Gasteiger partial charge in [0, 0.05) is 18.1 Å². The molecule has 1 heterocycles. The number of ether oxygens (including phenoxy) is 1. The highest BCUT2D eigenvalue weighted by Crippen LogP contribution is 2.24. The number of hydrogen-bond acceptors (Lipinski definition) is 4. The van der Waals surface area contributed by atoms with Crippen LogP contribution >= 0.6 is 0 Å². The van der Waals surface area contributed by atoms with Crippen LogP contribution in [0.15, 0.2) is 42.6 Å².